The first-order valence-electron chi connectivity index (χ1n) is 4.23. The van der Waals surface area contributed by atoms with Gasteiger partial charge < -0.3 is 4.74 Å². The predicted molar refractivity (Wildman–Crippen MR) is 47.5 cm³/mol. The number of carbonyl (C=O) groups is 1. The Morgan fingerprint density at radius 2 is 1.45 bits per heavy atom. The smallest absolute Gasteiger partial charge is 0.302 e. The molecule has 0 saturated carbocycles. The van der Waals surface area contributed by atoms with Crippen molar-refractivity contribution in [1.82, 2.24) is 0 Å². The monoisotopic (exact) mass is 160 g/mol. The lowest BCUT2D eigenvalue weighted by Crippen LogP contribution is -1.88. The Bertz CT molecular complexity index is 75.6. The second kappa shape index (κ2) is 12.2. The number of unbranched alkanes of at least 4 members (excludes halogenated alkanes) is 3. The van der Waals surface area contributed by atoms with E-state index in [-0.39, 0.29) is 5.97 Å². The first kappa shape index (κ1) is 13.1. The maximum atomic E-state index is 9.59. The third-order valence-electron chi connectivity index (χ3n) is 1.24. The highest BCUT2D eigenvalue weighted by molar-refractivity contribution is 5.65. The topological polar surface area (TPSA) is 26.3 Å². The molecule has 0 bridgehead atoms. The average molecular weight is 160 g/mol. The fraction of sp³-hybridized carbons (Fsp3) is 0.889. The molecule has 0 atom stereocenters. The van der Waals surface area contributed by atoms with E-state index in [9.17, 15) is 4.79 Å². The molecule has 11 heavy (non-hydrogen) atoms. The van der Waals surface area contributed by atoms with Crippen molar-refractivity contribution >= 4 is 5.97 Å². The van der Waals surface area contributed by atoms with Crippen LogP contribution in [0.5, 0.6) is 0 Å². The summed E-state index contributed by atoms with van der Waals surface area (Å²) < 4.78 is 4.11. The summed E-state index contributed by atoms with van der Waals surface area (Å²) in [6, 6.07) is 0. The Morgan fingerprint density at radius 3 is 1.55 bits per heavy atom. The summed E-state index contributed by atoms with van der Waals surface area (Å²) in [6.07, 6.45) is 5.54. The predicted octanol–water partition coefficient (Wildman–Crippen LogP) is 2.77. The van der Waals surface area contributed by atoms with Gasteiger partial charge in [-0.1, -0.05) is 39.5 Å². The van der Waals surface area contributed by atoms with Gasteiger partial charge in [-0.05, 0) is 0 Å². The van der Waals surface area contributed by atoms with Crippen molar-refractivity contribution in [2.75, 3.05) is 7.11 Å². The van der Waals surface area contributed by atoms with Crippen molar-refractivity contribution in [3.8, 4) is 0 Å². The third kappa shape index (κ3) is 26.4. The average Bonchev–Trinajstić information content (AvgIpc) is 2.02. The minimum absolute atomic E-state index is 0.245. The first-order valence-corrected chi connectivity index (χ1v) is 4.23. The molecule has 2 nitrogen and oxygen atoms in total. The molecule has 0 heterocycles. The third-order valence-corrected chi connectivity index (χ3v) is 1.24. The van der Waals surface area contributed by atoms with Crippen LogP contribution < -0.4 is 0 Å². The van der Waals surface area contributed by atoms with Crippen molar-refractivity contribution in [3.63, 3.8) is 0 Å². The molecule has 0 aromatic heterocycles. The van der Waals surface area contributed by atoms with Crippen molar-refractivity contribution in [3.05, 3.63) is 0 Å². The van der Waals surface area contributed by atoms with E-state index in [1.54, 1.807) is 0 Å². The van der Waals surface area contributed by atoms with Gasteiger partial charge in [0.1, 0.15) is 0 Å². The second-order valence-corrected chi connectivity index (χ2v) is 2.40. The number of methoxy groups -OCH3 is 1. The number of carbonyl (C=O) groups excluding carboxylic acids is 1. The van der Waals surface area contributed by atoms with E-state index in [2.05, 4.69) is 18.6 Å². The lowest BCUT2D eigenvalue weighted by molar-refractivity contribution is -0.137. The minimum Gasteiger partial charge on any atom is -0.469 e. The van der Waals surface area contributed by atoms with Crippen molar-refractivity contribution in [2.45, 2.75) is 46.5 Å². The standard InChI is InChI=1S/C6H14.C3H6O2/c1-3-5-6-4-2;1-3(4)5-2/h3-6H2,1-2H3;1-2H3. The molecule has 0 spiro atoms. The number of ether oxygens (including phenoxy) is 1. The normalized spacial score (nSPS) is 8.00. The van der Waals surface area contributed by atoms with Crippen LogP contribution in [0.4, 0.5) is 0 Å². The molecule has 0 aromatic rings. The van der Waals surface area contributed by atoms with Crippen LogP contribution in [0.1, 0.15) is 46.5 Å². The first-order chi connectivity index (χ1) is 5.18. The quantitative estimate of drug-likeness (QED) is 0.468. The number of esters is 1. The summed E-state index contributed by atoms with van der Waals surface area (Å²) >= 11 is 0. The molecule has 0 radical (unpaired) electrons. The number of hydrogen-bond donors (Lipinski definition) is 0. The Hall–Kier alpha value is -0.530. The molecule has 68 valence electrons. The van der Waals surface area contributed by atoms with E-state index >= 15 is 0 Å². The molecule has 0 rings (SSSR count). The molecule has 0 aromatic carbocycles. The summed E-state index contributed by atoms with van der Waals surface area (Å²) in [6.45, 7) is 5.82. The van der Waals surface area contributed by atoms with Crippen LogP contribution in [0.15, 0.2) is 0 Å². The Balaban J connectivity index is 0. The van der Waals surface area contributed by atoms with Crippen molar-refractivity contribution in [1.29, 1.82) is 0 Å². The molecular formula is C9H20O2. The number of rotatable bonds is 3. The van der Waals surface area contributed by atoms with E-state index in [4.69, 9.17) is 0 Å². The second-order valence-electron chi connectivity index (χ2n) is 2.40. The van der Waals surface area contributed by atoms with Gasteiger partial charge in [-0.2, -0.15) is 0 Å². The summed E-state index contributed by atoms with van der Waals surface area (Å²) in [5.41, 5.74) is 0. The summed E-state index contributed by atoms with van der Waals surface area (Å²) in [5, 5.41) is 0. The SMILES string of the molecule is CCCCCC.COC(C)=O. The zero-order valence-electron chi connectivity index (χ0n) is 8.14. The van der Waals surface area contributed by atoms with Crippen LogP contribution >= 0.6 is 0 Å². The Morgan fingerprint density at radius 1 is 1.18 bits per heavy atom. The van der Waals surface area contributed by atoms with Crippen LogP contribution in [0, 0.1) is 0 Å². The van der Waals surface area contributed by atoms with Gasteiger partial charge in [0.2, 0.25) is 0 Å². The largest absolute Gasteiger partial charge is 0.469 e. The Kier molecular flexibility index (Phi) is 14.5. The highest BCUT2D eigenvalue weighted by atomic mass is 16.5. The molecule has 0 aliphatic rings. The molecule has 0 amide bonds. The van der Waals surface area contributed by atoms with E-state index in [0.717, 1.165) is 0 Å². The molecule has 0 aliphatic heterocycles. The molecule has 0 saturated heterocycles. The molecule has 0 N–H and O–H groups in total. The number of hydrogen-bond acceptors (Lipinski definition) is 2. The zero-order valence-corrected chi connectivity index (χ0v) is 8.14. The summed E-state index contributed by atoms with van der Waals surface area (Å²) in [5.74, 6) is -0.245. The lowest BCUT2D eigenvalue weighted by atomic mass is 10.2. The van der Waals surface area contributed by atoms with Gasteiger partial charge in [-0.3, -0.25) is 4.79 Å². The molecular weight excluding hydrogens is 140 g/mol. The lowest BCUT2D eigenvalue weighted by Gasteiger charge is -1.86. The molecule has 0 fully saturated rings. The maximum absolute atomic E-state index is 9.59. The van der Waals surface area contributed by atoms with Gasteiger partial charge in [-0.15, -0.1) is 0 Å². The van der Waals surface area contributed by atoms with Gasteiger partial charge in [0.25, 0.3) is 0 Å². The van der Waals surface area contributed by atoms with Crippen molar-refractivity contribution < 1.29 is 9.53 Å². The van der Waals surface area contributed by atoms with Gasteiger partial charge in [0, 0.05) is 6.92 Å². The molecule has 2 heteroatoms. The Labute approximate surface area is 69.9 Å². The van der Waals surface area contributed by atoms with Crippen LogP contribution in [0.2, 0.25) is 0 Å². The van der Waals surface area contributed by atoms with Gasteiger partial charge in [0.15, 0.2) is 0 Å². The van der Waals surface area contributed by atoms with Crippen LogP contribution in [-0.2, 0) is 9.53 Å². The van der Waals surface area contributed by atoms with Crippen LogP contribution in [-0.4, -0.2) is 13.1 Å². The summed E-state index contributed by atoms with van der Waals surface area (Å²) in [4.78, 5) is 9.59. The van der Waals surface area contributed by atoms with E-state index in [1.807, 2.05) is 0 Å². The maximum Gasteiger partial charge on any atom is 0.302 e. The van der Waals surface area contributed by atoms with Crippen LogP contribution in [0.25, 0.3) is 0 Å². The zero-order chi connectivity index (χ0) is 9.11. The van der Waals surface area contributed by atoms with Crippen LogP contribution in [0.3, 0.4) is 0 Å². The van der Waals surface area contributed by atoms with E-state index in [0.29, 0.717) is 0 Å². The van der Waals surface area contributed by atoms with Gasteiger partial charge in [-0.25, -0.2) is 0 Å². The fourth-order valence-electron chi connectivity index (χ4n) is 0.500. The molecule has 0 unspecified atom stereocenters. The fourth-order valence-corrected chi connectivity index (χ4v) is 0.500. The highest BCUT2D eigenvalue weighted by Crippen LogP contribution is 1.95. The van der Waals surface area contributed by atoms with E-state index in [1.165, 1.54) is 39.7 Å². The van der Waals surface area contributed by atoms with Gasteiger partial charge >= 0.3 is 5.97 Å². The molecule has 0 aliphatic carbocycles. The van der Waals surface area contributed by atoms with E-state index < -0.39 is 0 Å². The van der Waals surface area contributed by atoms with Crippen molar-refractivity contribution in [2.24, 2.45) is 0 Å². The minimum atomic E-state index is -0.245. The van der Waals surface area contributed by atoms with Gasteiger partial charge in [0.05, 0.1) is 7.11 Å². The summed E-state index contributed by atoms with van der Waals surface area (Å²) in [7, 11) is 1.35. The highest BCUT2D eigenvalue weighted by Gasteiger charge is 1.76.